The molecule has 0 saturated heterocycles. The molecule has 0 aliphatic rings. The van der Waals surface area contributed by atoms with Crippen LogP contribution >= 0.6 is 0 Å². The SMILES string of the molecule is CCC(C)NS(=O)(=O)c1ccc(NC(=O)C(C)(C)CCCOc2cc(C)ccc2C)cc1. The number of carbonyl (C=O) groups is 1. The molecule has 1 unspecified atom stereocenters. The smallest absolute Gasteiger partial charge is 0.240 e. The van der Waals surface area contributed by atoms with Crippen LogP contribution in [0.25, 0.3) is 0 Å². The maximum atomic E-state index is 12.8. The average molecular weight is 461 g/mol. The molecule has 7 heteroatoms. The number of hydrogen-bond donors (Lipinski definition) is 2. The summed E-state index contributed by atoms with van der Waals surface area (Å²) in [6.07, 6.45) is 2.11. The maximum Gasteiger partial charge on any atom is 0.240 e. The van der Waals surface area contributed by atoms with Crippen LogP contribution in [0.4, 0.5) is 5.69 Å². The number of carbonyl (C=O) groups excluding carboxylic acids is 1. The van der Waals surface area contributed by atoms with Crippen LogP contribution in [0.2, 0.25) is 0 Å². The number of rotatable bonds is 11. The van der Waals surface area contributed by atoms with Gasteiger partial charge in [0.15, 0.2) is 0 Å². The number of nitrogens with one attached hydrogen (secondary N) is 2. The molecule has 0 heterocycles. The van der Waals surface area contributed by atoms with E-state index in [0.717, 1.165) is 23.3 Å². The van der Waals surface area contributed by atoms with Gasteiger partial charge in [-0.25, -0.2) is 13.1 Å². The van der Waals surface area contributed by atoms with Crippen molar-refractivity contribution in [3.8, 4) is 5.75 Å². The van der Waals surface area contributed by atoms with Crippen molar-refractivity contribution >= 4 is 21.6 Å². The summed E-state index contributed by atoms with van der Waals surface area (Å²) in [6, 6.07) is 12.2. The zero-order valence-electron chi connectivity index (χ0n) is 20.0. The first-order valence-electron chi connectivity index (χ1n) is 11.1. The summed E-state index contributed by atoms with van der Waals surface area (Å²) in [7, 11) is -3.57. The largest absolute Gasteiger partial charge is 0.493 e. The van der Waals surface area contributed by atoms with Gasteiger partial charge in [0.1, 0.15) is 5.75 Å². The molecule has 0 aromatic heterocycles. The van der Waals surface area contributed by atoms with Crippen molar-refractivity contribution < 1.29 is 17.9 Å². The lowest BCUT2D eigenvalue weighted by molar-refractivity contribution is -0.124. The van der Waals surface area contributed by atoms with E-state index in [-0.39, 0.29) is 16.8 Å². The van der Waals surface area contributed by atoms with Crippen molar-refractivity contribution in [1.82, 2.24) is 4.72 Å². The number of sulfonamides is 1. The van der Waals surface area contributed by atoms with E-state index < -0.39 is 15.4 Å². The fraction of sp³-hybridized carbons (Fsp3) is 0.480. The standard InChI is InChI=1S/C25H36N2O4S/c1-7-20(4)27-32(29,30)22-13-11-21(12-14-22)26-24(28)25(5,6)15-8-16-31-23-17-18(2)9-10-19(23)3/h9-14,17,20,27H,7-8,15-16H2,1-6H3,(H,26,28). The van der Waals surface area contributed by atoms with Crippen LogP contribution in [0, 0.1) is 19.3 Å². The second-order valence-electron chi connectivity index (χ2n) is 9.01. The predicted molar refractivity (Wildman–Crippen MR) is 130 cm³/mol. The monoisotopic (exact) mass is 460 g/mol. The minimum Gasteiger partial charge on any atom is -0.493 e. The van der Waals surface area contributed by atoms with Gasteiger partial charge >= 0.3 is 0 Å². The number of anilines is 1. The van der Waals surface area contributed by atoms with E-state index in [9.17, 15) is 13.2 Å². The summed E-state index contributed by atoms with van der Waals surface area (Å²) in [5.74, 6) is 0.766. The highest BCUT2D eigenvalue weighted by molar-refractivity contribution is 7.89. The van der Waals surface area contributed by atoms with Crippen LogP contribution in [0.3, 0.4) is 0 Å². The van der Waals surface area contributed by atoms with E-state index in [1.807, 2.05) is 53.7 Å². The summed E-state index contributed by atoms with van der Waals surface area (Å²) >= 11 is 0. The zero-order chi connectivity index (χ0) is 23.9. The molecule has 1 atom stereocenters. The van der Waals surface area contributed by atoms with Gasteiger partial charge in [0, 0.05) is 17.1 Å². The third-order valence-electron chi connectivity index (χ3n) is 5.55. The normalized spacial score (nSPS) is 12.9. The molecule has 2 N–H and O–H groups in total. The van der Waals surface area contributed by atoms with Crippen molar-refractivity contribution in [3.05, 3.63) is 53.6 Å². The van der Waals surface area contributed by atoms with Gasteiger partial charge in [0.2, 0.25) is 15.9 Å². The van der Waals surface area contributed by atoms with Crippen molar-refractivity contribution in [1.29, 1.82) is 0 Å². The predicted octanol–water partition coefficient (Wildman–Crippen LogP) is 5.20. The summed E-state index contributed by atoms with van der Waals surface area (Å²) in [6.45, 7) is 12.1. The molecule has 0 spiro atoms. The molecule has 0 fully saturated rings. The maximum absolute atomic E-state index is 12.8. The molecule has 176 valence electrons. The highest BCUT2D eigenvalue weighted by atomic mass is 32.2. The first kappa shape index (κ1) is 25.9. The molecule has 0 aliphatic heterocycles. The Labute approximate surface area is 192 Å². The highest BCUT2D eigenvalue weighted by Gasteiger charge is 2.27. The van der Waals surface area contributed by atoms with Crippen LogP contribution in [0.15, 0.2) is 47.4 Å². The van der Waals surface area contributed by atoms with E-state index in [1.165, 1.54) is 12.1 Å². The second kappa shape index (κ2) is 11.0. The number of benzene rings is 2. The molecular weight excluding hydrogens is 424 g/mol. The molecule has 2 aromatic carbocycles. The second-order valence-corrected chi connectivity index (χ2v) is 10.7. The lowest BCUT2D eigenvalue weighted by Gasteiger charge is -2.24. The molecule has 0 radical (unpaired) electrons. The van der Waals surface area contributed by atoms with E-state index in [0.29, 0.717) is 25.1 Å². The molecule has 2 aromatic rings. The summed E-state index contributed by atoms with van der Waals surface area (Å²) in [5, 5.41) is 2.89. The highest BCUT2D eigenvalue weighted by Crippen LogP contribution is 2.26. The van der Waals surface area contributed by atoms with Crippen molar-refractivity contribution in [2.75, 3.05) is 11.9 Å². The van der Waals surface area contributed by atoms with Gasteiger partial charge in [-0.05, 0) is 81.5 Å². The lowest BCUT2D eigenvalue weighted by Crippen LogP contribution is -2.32. The minimum absolute atomic E-state index is 0.113. The van der Waals surface area contributed by atoms with Crippen LogP contribution < -0.4 is 14.8 Å². The molecule has 0 aliphatic carbocycles. The van der Waals surface area contributed by atoms with Crippen LogP contribution in [-0.4, -0.2) is 27.0 Å². The molecule has 1 amide bonds. The first-order chi connectivity index (χ1) is 14.9. The molecule has 2 rings (SSSR count). The van der Waals surface area contributed by atoms with Crippen LogP contribution in [0.5, 0.6) is 5.75 Å². The first-order valence-corrected chi connectivity index (χ1v) is 12.6. The van der Waals surface area contributed by atoms with Crippen molar-refractivity contribution in [2.45, 2.75) is 71.7 Å². The topological polar surface area (TPSA) is 84.5 Å². The summed E-state index contributed by atoms with van der Waals surface area (Å²) < 4.78 is 33.3. The molecule has 6 nitrogen and oxygen atoms in total. The van der Waals surface area contributed by atoms with Gasteiger partial charge in [-0.3, -0.25) is 4.79 Å². The number of aryl methyl sites for hydroxylation is 2. The zero-order valence-corrected chi connectivity index (χ0v) is 20.8. The van der Waals surface area contributed by atoms with Gasteiger partial charge in [0.05, 0.1) is 11.5 Å². The Balaban J connectivity index is 1.89. The Hall–Kier alpha value is -2.38. The van der Waals surface area contributed by atoms with Gasteiger partial charge in [-0.2, -0.15) is 0 Å². The van der Waals surface area contributed by atoms with Crippen LogP contribution in [0.1, 0.15) is 58.1 Å². The van der Waals surface area contributed by atoms with Gasteiger partial charge in [-0.15, -0.1) is 0 Å². The average Bonchev–Trinajstić information content (AvgIpc) is 2.73. The van der Waals surface area contributed by atoms with E-state index in [1.54, 1.807) is 12.1 Å². The summed E-state index contributed by atoms with van der Waals surface area (Å²) in [4.78, 5) is 13.0. The Morgan fingerprint density at radius 2 is 1.75 bits per heavy atom. The molecule has 0 saturated carbocycles. The number of ether oxygens (including phenoxy) is 1. The third kappa shape index (κ3) is 7.35. The van der Waals surface area contributed by atoms with Crippen molar-refractivity contribution in [3.63, 3.8) is 0 Å². The van der Waals surface area contributed by atoms with E-state index >= 15 is 0 Å². The third-order valence-corrected chi connectivity index (χ3v) is 7.16. The Kier molecular flexibility index (Phi) is 8.87. The van der Waals surface area contributed by atoms with Gasteiger partial charge < -0.3 is 10.1 Å². The number of hydrogen-bond acceptors (Lipinski definition) is 4. The van der Waals surface area contributed by atoms with Gasteiger partial charge in [0.25, 0.3) is 0 Å². The Morgan fingerprint density at radius 3 is 2.38 bits per heavy atom. The molecule has 32 heavy (non-hydrogen) atoms. The fourth-order valence-corrected chi connectivity index (χ4v) is 4.43. The van der Waals surface area contributed by atoms with Gasteiger partial charge in [-0.1, -0.05) is 32.9 Å². The minimum atomic E-state index is -3.57. The number of amides is 1. The fourth-order valence-electron chi connectivity index (χ4n) is 3.11. The van der Waals surface area contributed by atoms with Crippen molar-refractivity contribution in [2.24, 2.45) is 5.41 Å². The summed E-state index contributed by atoms with van der Waals surface area (Å²) in [5.41, 5.74) is 2.22. The Bertz CT molecular complexity index is 1010. The quantitative estimate of drug-likeness (QED) is 0.451. The molecular formula is C25H36N2O4S. The lowest BCUT2D eigenvalue weighted by atomic mass is 9.87. The van der Waals surface area contributed by atoms with Crippen LogP contribution in [-0.2, 0) is 14.8 Å². The Morgan fingerprint density at radius 1 is 1.09 bits per heavy atom. The van der Waals surface area contributed by atoms with E-state index in [2.05, 4.69) is 16.1 Å². The van der Waals surface area contributed by atoms with E-state index in [4.69, 9.17) is 4.74 Å². The molecule has 0 bridgehead atoms.